The topological polar surface area (TPSA) is 103 Å². The molecule has 0 aliphatic carbocycles. The van der Waals surface area contributed by atoms with Crippen LogP contribution in [0.4, 0.5) is 0 Å². The highest BCUT2D eigenvalue weighted by atomic mass is 16.6. The number of amides is 1. The number of pyridine rings is 1. The Morgan fingerprint density at radius 3 is 2.94 bits per heavy atom. The lowest BCUT2D eigenvalue weighted by atomic mass is 9.96. The monoisotopic (exact) mass is 431 g/mol. The maximum absolute atomic E-state index is 12.2. The van der Waals surface area contributed by atoms with E-state index >= 15 is 0 Å². The summed E-state index contributed by atoms with van der Waals surface area (Å²) in [5.41, 5.74) is 1.84. The Bertz CT molecular complexity index is 1150. The number of carbonyl (C=O) groups is 1. The largest absolute Gasteiger partial charge is 0.486 e. The molecular formula is C24H25N5O3. The highest BCUT2D eigenvalue weighted by Gasteiger charge is 2.28. The van der Waals surface area contributed by atoms with Gasteiger partial charge in [-0.05, 0) is 62.2 Å². The van der Waals surface area contributed by atoms with Crippen LogP contribution in [0.5, 0.6) is 11.5 Å². The fourth-order valence-corrected chi connectivity index (χ4v) is 4.41. The Kier molecular flexibility index (Phi) is 5.65. The first kappa shape index (κ1) is 20.3. The lowest BCUT2D eigenvalue weighted by Crippen LogP contribution is -2.45. The average molecular weight is 431 g/mol. The minimum atomic E-state index is -0.116. The number of aromatic nitrogens is 2. The number of hydrogen-bond acceptors (Lipinski definition) is 6. The summed E-state index contributed by atoms with van der Waals surface area (Å²) in [4.78, 5) is 21.8. The van der Waals surface area contributed by atoms with Crippen LogP contribution in [0.25, 0.3) is 10.9 Å². The van der Waals surface area contributed by atoms with Gasteiger partial charge < -0.3 is 19.8 Å². The first-order chi connectivity index (χ1) is 15.7. The lowest BCUT2D eigenvalue weighted by molar-refractivity contribution is 0.0490. The number of nitriles is 1. The highest BCUT2D eigenvalue weighted by Crippen LogP contribution is 2.39. The zero-order valence-electron chi connectivity index (χ0n) is 17.7. The number of carbonyl (C=O) groups excluding carboxylic acids is 1. The molecule has 164 valence electrons. The predicted molar refractivity (Wildman–Crippen MR) is 119 cm³/mol. The third-order valence-electron chi connectivity index (χ3n) is 6.17. The number of aromatic amines is 1. The van der Waals surface area contributed by atoms with Crippen molar-refractivity contribution in [3.8, 4) is 17.6 Å². The van der Waals surface area contributed by atoms with E-state index in [1.165, 1.54) is 0 Å². The summed E-state index contributed by atoms with van der Waals surface area (Å²) < 4.78 is 12.3. The third-order valence-corrected chi connectivity index (χ3v) is 6.17. The molecule has 2 aliphatic rings. The van der Waals surface area contributed by atoms with Crippen LogP contribution < -0.4 is 14.8 Å². The minimum Gasteiger partial charge on any atom is -0.486 e. The number of nitrogens with one attached hydrogen (secondary N) is 2. The van der Waals surface area contributed by atoms with Crippen LogP contribution in [0.3, 0.4) is 0 Å². The first-order valence-corrected chi connectivity index (χ1v) is 11.0. The van der Waals surface area contributed by atoms with Gasteiger partial charge in [-0.15, -0.1) is 0 Å². The molecule has 0 bridgehead atoms. The molecule has 0 radical (unpaired) electrons. The Morgan fingerprint density at radius 1 is 1.28 bits per heavy atom. The molecule has 1 fully saturated rings. The van der Waals surface area contributed by atoms with Crippen molar-refractivity contribution in [2.75, 3.05) is 32.8 Å². The predicted octanol–water partition coefficient (Wildman–Crippen LogP) is 2.72. The van der Waals surface area contributed by atoms with Crippen LogP contribution in [-0.4, -0.2) is 59.7 Å². The van der Waals surface area contributed by atoms with Crippen molar-refractivity contribution in [2.24, 2.45) is 5.92 Å². The van der Waals surface area contributed by atoms with E-state index < -0.39 is 0 Å². The van der Waals surface area contributed by atoms with E-state index in [-0.39, 0.29) is 12.0 Å². The number of ether oxygens (including phenoxy) is 2. The second-order valence-corrected chi connectivity index (χ2v) is 8.37. The SMILES string of the molecule is N#Cc1cc2c3c(ccc2[nH]1)OCC(CN1CCC(CNC(=O)c2ccccn2)CC1)O3. The molecule has 1 unspecified atom stereocenters. The first-order valence-electron chi connectivity index (χ1n) is 11.0. The highest BCUT2D eigenvalue weighted by molar-refractivity contribution is 5.92. The van der Waals surface area contributed by atoms with Gasteiger partial charge in [-0.25, -0.2) is 0 Å². The average Bonchev–Trinajstić information content (AvgIpc) is 3.28. The number of H-pyrrole nitrogens is 1. The fourth-order valence-electron chi connectivity index (χ4n) is 4.41. The second kappa shape index (κ2) is 8.89. The van der Waals surface area contributed by atoms with E-state index in [0.29, 0.717) is 36.2 Å². The van der Waals surface area contributed by atoms with E-state index in [0.717, 1.165) is 49.1 Å². The number of rotatable bonds is 5. The molecular weight excluding hydrogens is 406 g/mol. The van der Waals surface area contributed by atoms with E-state index in [4.69, 9.17) is 9.47 Å². The van der Waals surface area contributed by atoms with Crippen LogP contribution in [0.15, 0.2) is 42.6 Å². The van der Waals surface area contributed by atoms with Crippen molar-refractivity contribution in [2.45, 2.75) is 18.9 Å². The summed E-state index contributed by atoms with van der Waals surface area (Å²) in [6.07, 6.45) is 3.63. The molecule has 32 heavy (non-hydrogen) atoms. The Hall–Kier alpha value is -3.57. The number of nitrogens with zero attached hydrogens (tertiary/aromatic N) is 3. The minimum absolute atomic E-state index is 0.0612. The molecule has 2 aromatic heterocycles. The third kappa shape index (κ3) is 4.25. The molecule has 2 N–H and O–H groups in total. The normalized spacial score (nSPS) is 18.9. The molecule has 4 heterocycles. The zero-order chi connectivity index (χ0) is 21.9. The fraction of sp³-hybridized carbons (Fsp3) is 0.375. The van der Waals surface area contributed by atoms with Crippen molar-refractivity contribution in [1.29, 1.82) is 5.26 Å². The Morgan fingerprint density at radius 2 is 2.16 bits per heavy atom. The van der Waals surface area contributed by atoms with Gasteiger partial charge in [-0.1, -0.05) is 6.07 Å². The molecule has 1 amide bonds. The number of likely N-dealkylation sites (tertiary alicyclic amines) is 1. The summed E-state index contributed by atoms with van der Waals surface area (Å²) in [6.45, 7) is 3.90. The number of benzene rings is 1. The lowest BCUT2D eigenvalue weighted by Gasteiger charge is -2.35. The van der Waals surface area contributed by atoms with Gasteiger partial charge >= 0.3 is 0 Å². The molecule has 8 heteroatoms. The smallest absolute Gasteiger partial charge is 0.269 e. The second-order valence-electron chi connectivity index (χ2n) is 8.37. The quantitative estimate of drug-likeness (QED) is 0.644. The van der Waals surface area contributed by atoms with Crippen molar-refractivity contribution in [3.05, 3.63) is 54.0 Å². The van der Waals surface area contributed by atoms with Gasteiger partial charge in [0.25, 0.3) is 5.91 Å². The van der Waals surface area contributed by atoms with Gasteiger partial charge in [0.15, 0.2) is 11.5 Å². The van der Waals surface area contributed by atoms with Gasteiger partial charge in [-0.3, -0.25) is 14.7 Å². The Labute approximate surface area is 186 Å². The van der Waals surface area contributed by atoms with Gasteiger partial charge in [0.05, 0.1) is 5.52 Å². The molecule has 0 saturated carbocycles. The number of hydrogen-bond donors (Lipinski definition) is 2. The van der Waals surface area contributed by atoms with Crippen LogP contribution >= 0.6 is 0 Å². The maximum atomic E-state index is 12.2. The van der Waals surface area contributed by atoms with Crippen molar-refractivity contribution >= 4 is 16.8 Å². The van der Waals surface area contributed by atoms with E-state index in [2.05, 4.69) is 26.3 Å². The van der Waals surface area contributed by atoms with E-state index in [1.807, 2.05) is 24.3 Å². The van der Waals surface area contributed by atoms with E-state index in [1.54, 1.807) is 18.3 Å². The van der Waals surface area contributed by atoms with Crippen LogP contribution in [0.2, 0.25) is 0 Å². The maximum Gasteiger partial charge on any atom is 0.269 e. The van der Waals surface area contributed by atoms with Gasteiger partial charge in [0.2, 0.25) is 0 Å². The summed E-state index contributed by atoms with van der Waals surface area (Å²) >= 11 is 0. The summed E-state index contributed by atoms with van der Waals surface area (Å²) in [5.74, 6) is 1.78. The molecule has 2 aliphatic heterocycles. The molecule has 5 rings (SSSR count). The van der Waals surface area contributed by atoms with Gasteiger partial charge in [-0.2, -0.15) is 5.26 Å². The van der Waals surface area contributed by atoms with Gasteiger partial charge in [0, 0.05) is 24.7 Å². The summed E-state index contributed by atoms with van der Waals surface area (Å²) in [6, 6.07) is 13.1. The molecule has 0 spiro atoms. The van der Waals surface area contributed by atoms with Crippen molar-refractivity contribution in [1.82, 2.24) is 20.2 Å². The van der Waals surface area contributed by atoms with Crippen LogP contribution in [-0.2, 0) is 0 Å². The van der Waals surface area contributed by atoms with Crippen molar-refractivity contribution in [3.63, 3.8) is 0 Å². The van der Waals surface area contributed by atoms with Gasteiger partial charge in [0.1, 0.15) is 30.2 Å². The molecule has 1 atom stereocenters. The van der Waals surface area contributed by atoms with E-state index in [9.17, 15) is 10.1 Å². The van der Waals surface area contributed by atoms with Crippen molar-refractivity contribution < 1.29 is 14.3 Å². The molecule has 1 saturated heterocycles. The zero-order valence-corrected chi connectivity index (χ0v) is 17.7. The molecule has 8 nitrogen and oxygen atoms in total. The molecule has 3 aromatic rings. The molecule has 1 aromatic carbocycles. The number of piperidine rings is 1. The Balaban J connectivity index is 1.13. The van der Waals surface area contributed by atoms with Crippen LogP contribution in [0, 0.1) is 17.2 Å². The van der Waals surface area contributed by atoms with Crippen LogP contribution in [0.1, 0.15) is 29.0 Å². The summed E-state index contributed by atoms with van der Waals surface area (Å²) in [5, 5.41) is 13.1. The number of fused-ring (bicyclic) bond motifs is 3. The summed E-state index contributed by atoms with van der Waals surface area (Å²) in [7, 11) is 0. The standard InChI is InChI=1S/C24H25N5O3/c25-12-17-11-19-20(28-17)4-5-22-23(19)32-18(15-31-22)14-29-9-6-16(7-10-29)13-27-24(30)21-3-1-2-8-26-21/h1-5,8,11,16,18,28H,6-7,9-10,13-15H2,(H,27,30).